The van der Waals surface area contributed by atoms with Crippen LogP contribution < -0.4 is 37.9 Å². The molecule has 0 radical (unpaired) electrons. The van der Waals surface area contributed by atoms with E-state index in [4.69, 9.17) is 27.8 Å². The molecule has 10 rings (SSSR count). The molecule has 0 fully saturated rings. The lowest BCUT2D eigenvalue weighted by Gasteiger charge is -2.21. The highest BCUT2D eigenvalue weighted by Crippen LogP contribution is 2.40. The van der Waals surface area contributed by atoms with Crippen molar-refractivity contribution >= 4 is 42.0 Å². The summed E-state index contributed by atoms with van der Waals surface area (Å²) in [4.78, 5) is -0.302. The van der Waals surface area contributed by atoms with Gasteiger partial charge in [0.1, 0.15) is 46.3 Å². The van der Waals surface area contributed by atoms with Crippen LogP contribution in [0, 0.1) is 0 Å². The highest BCUT2D eigenvalue weighted by molar-refractivity contribution is 7.89. The van der Waals surface area contributed by atoms with Crippen molar-refractivity contribution in [2.24, 2.45) is 0 Å². The van der Waals surface area contributed by atoms with E-state index in [-0.39, 0.29) is 43.9 Å². The number of nitrogens with one attached hydrogen (secondary N) is 2. The smallest absolute Gasteiger partial charge is 0.490 e. The summed E-state index contributed by atoms with van der Waals surface area (Å²) >= 11 is 0. The number of rotatable bonds is 12. The van der Waals surface area contributed by atoms with Gasteiger partial charge in [0.05, 0.1) is 36.2 Å². The Bertz CT molecular complexity index is 3160. The summed E-state index contributed by atoms with van der Waals surface area (Å²) in [6.07, 6.45) is -8.69. The molecular weight excluding hydrogens is 999 g/mol. The maximum Gasteiger partial charge on any atom is 0.573 e. The number of ether oxygens (including phenoxy) is 6. The predicted octanol–water partition coefficient (Wildman–Crippen LogP) is 11.1. The third kappa shape index (κ3) is 11.7. The van der Waals surface area contributed by atoms with Crippen LogP contribution >= 0.6 is 0 Å². The van der Waals surface area contributed by atoms with Crippen molar-refractivity contribution < 1.29 is 80.4 Å². The van der Waals surface area contributed by atoms with Gasteiger partial charge in [-0.2, -0.15) is 9.44 Å². The van der Waals surface area contributed by atoms with Gasteiger partial charge in [-0.05, 0) is 60.7 Å². The quantitative estimate of drug-likeness (QED) is 0.111. The van der Waals surface area contributed by atoms with Crippen LogP contribution in [0.2, 0.25) is 0 Å². The first-order chi connectivity index (χ1) is 34.4. The van der Waals surface area contributed by atoms with Crippen molar-refractivity contribution in [3.05, 3.63) is 168 Å². The third-order valence-corrected chi connectivity index (χ3v) is 13.8. The summed E-state index contributed by atoms with van der Waals surface area (Å²) in [5.74, 6) is 0.398. The van der Waals surface area contributed by atoms with Gasteiger partial charge in [0.25, 0.3) is 0 Å². The Morgan fingerprint density at radius 3 is 1.19 bits per heavy atom. The molecule has 0 saturated carbocycles. The van der Waals surface area contributed by atoms with E-state index in [0.29, 0.717) is 72.7 Å². The van der Waals surface area contributed by atoms with Gasteiger partial charge < -0.3 is 37.3 Å². The van der Waals surface area contributed by atoms with Gasteiger partial charge in [0, 0.05) is 46.9 Å². The highest BCUT2D eigenvalue weighted by atomic mass is 32.2. The van der Waals surface area contributed by atoms with Gasteiger partial charge in [0.15, 0.2) is 23.0 Å². The molecule has 2 atom stereocenters. The van der Waals surface area contributed by atoms with E-state index in [1.165, 1.54) is 72.8 Å². The highest BCUT2D eigenvalue weighted by Gasteiger charge is 2.37. The van der Waals surface area contributed by atoms with Crippen molar-refractivity contribution in [1.29, 1.82) is 0 Å². The second kappa shape index (κ2) is 20.4. The van der Waals surface area contributed by atoms with Crippen LogP contribution in [-0.4, -0.2) is 56.0 Å². The largest absolute Gasteiger partial charge is 0.573 e. The van der Waals surface area contributed by atoms with Gasteiger partial charge >= 0.3 is 12.7 Å². The number of halogens is 6. The number of hydrogen-bond donors (Lipinski definition) is 2. The fourth-order valence-corrected chi connectivity index (χ4v) is 10.2. The summed E-state index contributed by atoms with van der Waals surface area (Å²) in [6, 6.07) is 33.1. The molecule has 72 heavy (non-hydrogen) atoms. The first-order valence-electron chi connectivity index (χ1n) is 21.9. The second-order valence-corrected chi connectivity index (χ2v) is 19.4. The number of para-hydroxylation sites is 4. The number of benzene rings is 6. The Kier molecular flexibility index (Phi) is 14.0. The number of fused-ring (bicyclic) bond motifs is 4. The van der Waals surface area contributed by atoms with Crippen molar-refractivity contribution in [3.63, 3.8) is 0 Å². The van der Waals surface area contributed by atoms with Crippen molar-refractivity contribution in [2.45, 2.75) is 47.4 Å². The molecule has 2 N–H and O–H groups in total. The average Bonchev–Trinajstić information content (AvgIpc) is 3.80. The van der Waals surface area contributed by atoms with E-state index in [0.717, 1.165) is 12.1 Å². The zero-order chi connectivity index (χ0) is 50.7. The molecule has 0 amide bonds. The van der Waals surface area contributed by atoms with E-state index in [9.17, 15) is 43.2 Å². The van der Waals surface area contributed by atoms with Crippen molar-refractivity contribution in [1.82, 2.24) is 9.44 Å². The first-order valence-corrected chi connectivity index (χ1v) is 24.9. The molecule has 14 nitrogen and oxygen atoms in total. The molecular formula is C50H40F6N2O12S2. The molecule has 22 heteroatoms. The molecule has 6 aromatic carbocycles. The zero-order valence-corrected chi connectivity index (χ0v) is 38.9. The predicted molar refractivity (Wildman–Crippen MR) is 247 cm³/mol. The van der Waals surface area contributed by atoms with Crippen LogP contribution in [0.4, 0.5) is 26.3 Å². The molecule has 0 bridgehead atoms. The SMILES string of the molecule is O=S(=O)(N[C@@H](c1cc2ccccc2o1)c1ccccc1OC(F)(F)F)c1ccc2c(c1)OCCCO2.O=S(=O)(N[C@H](c1cc2ccccc2o1)c1ccccc1OC(F)(F)F)c1ccc2c(c1)OCCCO2. The Morgan fingerprint density at radius 2 is 0.806 bits per heavy atom. The maximum atomic E-state index is 13.5. The van der Waals surface area contributed by atoms with Gasteiger partial charge in [-0.15, -0.1) is 26.3 Å². The van der Waals surface area contributed by atoms with Crippen LogP contribution in [0.1, 0.15) is 47.6 Å². The third-order valence-electron chi connectivity index (χ3n) is 11.0. The van der Waals surface area contributed by atoms with Gasteiger partial charge in [0.2, 0.25) is 20.0 Å². The van der Waals surface area contributed by atoms with Gasteiger partial charge in [-0.3, -0.25) is 0 Å². The fourth-order valence-electron chi connectivity index (χ4n) is 7.78. The van der Waals surface area contributed by atoms with Crippen LogP contribution in [0.15, 0.2) is 164 Å². The monoisotopic (exact) mass is 1040 g/mol. The number of hydrogen-bond acceptors (Lipinski definition) is 12. The summed E-state index contributed by atoms with van der Waals surface area (Å²) in [5, 5.41) is 1.31. The molecule has 4 heterocycles. The number of furan rings is 2. The average molecular weight is 1040 g/mol. The van der Waals surface area contributed by atoms with E-state index < -0.39 is 56.4 Å². The minimum atomic E-state index is -4.98. The van der Waals surface area contributed by atoms with E-state index in [1.807, 2.05) is 0 Å². The molecule has 376 valence electrons. The fraction of sp³-hybridized carbons (Fsp3) is 0.200. The molecule has 8 aromatic rings. The molecule has 0 saturated heterocycles. The van der Waals surface area contributed by atoms with E-state index >= 15 is 0 Å². The summed E-state index contributed by atoms with van der Waals surface area (Å²) in [7, 11) is -8.56. The molecule has 0 aliphatic carbocycles. The Morgan fingerprint density at radius 1 is 0.444 bits per heavy atom. The number of alkyl halides is 6. The second-order valence-electron chi connectivity index (χ2n) is 16.0. The van der Waals surface area contributed by atoms with Gasteiger partial charge in [-0.1, -0.05) is 72.8 Å². The lowest BCUT2D eigenvalue weighted by Crippen LogP contribution is -2.30. The standard InChI is InChI=1S/2C25H20F3NO6S/c2*26-25(27,28)35-20-9-4-2-7-18(20)24(23-14-16-6-1-3-8-19(16)34-23)29-36(30,31)17-10-11-21-22(15-17)33-13-5-12-32-21/h2*1-4,6-11,14-15,24,29H,5,12-13H2/t2*24-/m10/s1. The van der Waals surface area contributed by atoms with Gasteiger partial charge in [-0.25, -0.2) is 16.8 Å². The minimum Gasteiger partial charge on any atom is -0.490 e. The lowest BCUT2D eigenvalue weighted by atomic mass is 10.0. The summed E-state index contributed by atoms with van der Waals surface area (Å²) in [5.41, 5.74) is 0.738. The van der Waals surface area contributed by atoms with Crippen LogP contribution in [0.3, 0.4) is 0 Å². The molecule has 0 unspecified atom stereocenters. The molecule has 2 aromatic heterocycles. The van der Waals surface area contributed by atoms with Crippen molar-refractivity contribution in [3.8, 4) is 34.5 Å². The normalized spacial score (nSPS) is 14.9. The topological polar surface area (TPSA) is 174 Å². The minimum absolute atomic E-state index is 0.0770. The summed E-state index contributed by atoms with van der Waals surface area (Å²) in [6.45, 7) is 1.57. The Hall–Kier alpha value is -7.40. The molecule has 2 aliphatic rings. The Balaban J connectivity index is 0.000000178. The number of sulfonamides is 2. The molecule has 0 spiro atoms. The van der Waals surface area contributed by atoms with Crippen LogP contribution in [0.5, 0.6) is 34.5 Å². The Labute approximate surface area is 407 Å². The first kappa shape index (κ1) is 49.6. The van der Waals surface area contributed by atoms with Crippen LogP contribution in [-0.2, 0) is 20.0 Å². The maximum absolute atomic E-state index is 13.5. The van der Waals surface area contributed by atoms with E-state index in [2.05, 4.69) is 18.9 Å². The molecule has 2 aliphatic heterocycles. The lowest BCUT2D eigenvalue weighted by molar-refractivity contribution is -0.276. The van der Waals surface area contributed by atoms with E-state index in [1.54, 1.807) is 60.7 Å². The van der Waals surface area contributed by atoms with Crippen molar-refractivity contribution in [2.75, 3.05) is 26.4 Å². The summed E-state index contributed by atoms with van der Waals surface area (Å²) < 4.78 is 180. The zero-order valence-electron chi connectivity index (χ0n) is 37.2. The van der Waals surface area contributed by atoms with Crippen LogP contribution in [0.25, 0.3) is 21.9 Å².